The number of aryl methyl sites for hydroxylation is 1. The van der Waals surface area contributed by atoms with Crippen LogP contribution >= 0.6 is 0 Å². The number of halogens is 1. The lowest BCUT2D eigenvalue weighted by molar-refractivity contribution is -0.113. The van der Waals surface area contributed by atoms with Crippen LogP contribution < -0.4 is 5.32 Å². The van der Waals surface area contributed by atoms with Crippen LogP contribution in [0.1, 0.15) is 5.56 Å². The summed E-state index contributed by atoms with van der Waals surface area (Å²) >= 11 is 0. The molecule has 0 fully saturated rings. The van der Waals surface area contributed by atoms with Crippen LogP contribution in [0.2, 0.25) is 0 Å². The van der Waals surface area contributed by atoms with Gasteiger partial charge in [0.25, 0.3) is 0 Å². The molecule has 0 aliphatic heterocycles. The lowest BCUT2D eigenvalue weighted by Gasteiger charge is -2.07. The van der Waals surface area contributed by atoms with Crippen molar-refractivity contribution < 1.29 is 17.6 Å². The highest BCUT2D eigenvalue weighted by molar-refractivity contribution is 7.92. The summed E-state index contributed by atoms with van der Waals surface area (Å²) < 4.78 is 36.8. The van der Waals surface area contributed by atoms with Gasteiger partial charge in [0.2, 0.25) is 5.91 Å². The SMILES string of the molecule is Cc1ccc(NC(=O)CS(=O)(=O)c2ccc(F)cc2)cc1. The summed E-state index contributed by atoms with van der Waals surface area (Å²) in [6, 6.07) is 11.4. The molecule has 0 unspecified atom stereocenters. The van der Waals surface area contributed by atoms with Gasteiger partial charge in [0.05, 0.1) is 4.90 Å². The van der Waals surface area contributed by atoms with Crippen molar-refractivity contribution in [3.63, 3.8) is 0 Å². The fourth-order valence-electron chi connectivity index (χ4n) is 1.73. The van der Waals surface area contributed by atoms with Gasteiger partial charge in [0.1, 0.15) is 11.6 Å². The monoisotopic (exact) mass is 307 g/mol. The molecule has 0 aliphatic rings. The molecule has 0 aromatic heterocycles. The lowest BCUT2D eigenvalue weighted by Crippen LogP contribution is -2.23. The molecule has 1 amide bonds. The molecule has 0 saturated carbocycles. The zero-order chi connectivity index (χ0) is 15.5. The summed E-state index contributed by atoms with van der Waals surface area (Å²) in [5, 5.41) is 2.51. The van der Waals surface area contributed by atoms with Crippen LogP contribution in [0.25, 0.3) is 0 Å². The van der Waals surface area contributed by atoms with Crippen LogP contribution in [-0.4, -0.2) is 20.1 Å². The predicted octanol–water partition coefficient (Wildman–Crippen LogP) is 2.55. The Hall–Kier alpha value is -2.21. The first kappa shape index (κ1) is 15.2. The van der Waals surface area contributed by atoms with Gasteiger partial charge < -0.3 is 5.32 Å². The Bertz CT molecular complexity index is 737. The molecule has 21 heavy (non-hydrogen) atoms. The number of benzene rings is 2. The van der Waals surface area contributed by atoms with E-state index in [0.29, 0.717) is 5.69 Å². The Morgan fingerprint density at radius 1 is 1.05 bits per heavy atom. The predicted molar refractivity (Wildman–Crippen MR) is 78.3 cm³/mol. The van der Waals surface area contributed by atoms with Crippen LogP contribution in [0.3, 0.4) is 0 Å². The minimum Gasteiger partial charge on any atom is -0.325 e. The molecule has 2 aromatic rings. The number of anilines is 1. The van der Waals surface area contributed by atoms with E-state index in [-0.39, 0.29) is 4.90 Å². The maximum atomic E-state index is 12.8. The number of sulfone groups is 1. The number of hydrogen-bond donors (Lipinski definition) is 1. The average Bonchev–Trinajstić information content (AvgIpc) is 2.41. The summed E-state index contributed by atoms with van der Waals surface area (Å²) in [5.41, 5.74) is 1.56. The first-order valence-corrected chi connectivity index (χ1v) is 7.87. The van der Waals surface area contributed by atoms with Crippen LogP contribution in [0, 0.1) is 12.7 Å². The maximum absolute atomic E-state index is 12.8. The third-order valence-electron chi connectivity index (χ3n) is 2.83. The van der Waals surface area contributed by atoms with Crippen LogP contribution in [0.4, 0.5) is 10.1 Å². The molecule has 0 spiro atoms. The van der Waals surface area contributed by atoms with E-state index >= 15 is 0 Å². The number of amides is 1. The fraction of sp³-hybridized carbons (Fsp3) is 0.133. The largest absolute Gasteiger partial charge is 0.325 e. The second-order valence-electron chi connectivity index (χ2n) is 4.63. The van der Waals surface area contributed by atoms with E-state index in [2.05, 4.69) is 5.32 Å². The number of carbonyl (C=O) groups excluding carboxylic acids is 1. The number of rotatable bonds is 4. The zero-order valence-corrected chi connectivity index (χ0v) is 12.2. The number of hydrogen-bond acceptors (Lipinski definition) is 3. The third-order valence-corrected chi connectivity index (χ3v) is 4.46. The first-order chi connectivity index (χ1) is 9.87. The van der Waals surface area contributed by atoms with E-state index < -0.39 is 27.3 Å². The van der Waals surface area contributed by atoms with E-state index in [4.69, 9.17) is 0 Å². The molecule has 0 aliphatic carbocycles. The Labute approximate surface area is 122 Å². The van der Waals surface area contributed by atoms with Crippen molar-refractivity contribution >= 4 is 21.4 Å². The molecule has 2 aromatic carbocycles. The van der Waals surface area contributed by atoms with Crippen molar-refractivity contribution in [1.29, 1.82) is 0 Å². The highest BCUT2D eigenvalue weighted by Gasteiger charge is 2.19. The van der Waals surface area contributed by atoms with E-state index in [1.165, 1.54) is 0 Å². The summed E-state index contributed by atoms with van der Waals surface area (Å²) in [6.07, 6.45) is 0. The van der Waals surface area contributed by atoms with Crippen molar-refractivity contribution in [2.45, 2.75) is 11.8 Å². The number of nitrogens with one attached hydrogen (secondary N) is 1. The van der Waals surface area contributed by atoms with Gasteiger partial charge >= 0.3 is 0 Å². The second kappa shape index (κ2) is 6.05. The Morgan fingerprint density at radius 2 is 1.62 bits per heavy atom. The molecule has 0 radical (unpaired) electrons. The smallest absolute Gasteiger partial charge is 0.239 e. The quantitative estimate of drug-likeness (QED) is 0.883. The molecule has 1 N–H and O–H groups in total. The van der Waals surface area contributed by atoms with Crippen molar-refractivity contribution in [2.75, 3.05) is 11.1 Å². The Kier molecular flexibility index (Phi) is 4.37. The molecule has 110 valence electrons. The second-order valence-corrected chi connectivity index (χ2v) is 6.62. The zero-order valence-electron chi connectivity index (χ0n) is 11.3. The fourth-order valence-corrected chi connectivity index (χ4v) is 2.87. The lowest BCUT2D eigenvalue weighted by atomic mass is 10.2. The molecule has 0 bridgehead atoms. The Balaban J connectivity index is 2.07. The third kappa shape index (κ3) is 4.13. The van der Waals surface area contributed by atoms with Crippen molar-refractivity contribution in [1.82, 2.24) is 0 Å². The number of carbonyl (C=O) groups is 1. The van der Waals surface area contributed by atoms with E-state index in [9.17, 15) is 17.6 Å². The first-order valence-electron chi connectivity index (χ1n) is 6.22. The highest BCUT2D eigenvalue weighted by Crippen LogP contribution is 2.13. The van der Waals surface area contributed by atoms with Gasteiger partial charge in [-0.25, -0.2) is 12.8 Å². The van der Waals surface area contributed by atoms with Gasteiger partial charge in [-0.2, -0.15) is 0 Å². The normalized spacial score (nSPS) is 11.1. The molecule has 0 heterocycles. The van der Waals surface area contributed by atoms with Gasteiger partial charge in [-0.1, -0.05) is 17.7 Å². The van der Waals surface area contributed by atoms with Gasteiger partial charge in [-0.05, 0) is 43.3 Å². The van der Waals surface area contributed by atoms with Gasteiger partial charge in [0.15, 0.2) is 9.84 Å². The molecular weight excluding hydrogens is 293 g/mol. The molecule has 2 rings (SSSR count). The Morgan fingerprint density at radius 3 is 2.19 bits per heavy atom. The standard InChI is InChI=1S/C15H14FNO3S/c1-11-2-6-13(7-3-11)17-15(18)10-21(19,20)14-8-4-12(16)5-9-14/h2-9H,10H2,1H3,(H,17,18). The van der Waals surface area contributed by atoms with Crippen LogP contribution in [0.5, 0.6) is 0 Å². The van der Waals surface area contributed by atoms with Crippen LogP contribution in [0.15, 0.2) is 53.4 Å². The van der Waals surface area contributed by atoms with E-state index in [0.717, 1.165) is 29.8 Å². The van der Waals surface area contributed by atoms with Crippen LogP contribution in [-0.2, 0) is 14.6 Å². The molecule has 6 heteroatoms. The average molecular weight is 307 g/mol. The van der Waals surface area contributed by atoms with Crippen molar-refractivity contribution in [3.8, 4) is 0 Å². The van der Waals surface area contributed by atoms with Gasteiger partial charge in [-0.3, -0.25) is 4.79 Å². The highest BCUT2D eigenvalue weighted by atomic mass is 32.2. The summed E-state index contributed by atoms with van der Waals surface area (Å²) in [4.78, 5) is 11.7. The van der Waals surface area contributed by atoms with Crippen molar-refractivity contribution in [3.05, 3.63) is 59.9 Å². The topological polar surface area (TPSA) is 63.2 Å². The van der Waals surface area contributed by atoms with Crippen molar-refractivity contribution in [2.24, 2.45) is 0 Å². The summed E-state index contributed by atoms with van der Waals surface area (Å²) in [6.45, 7) is 1.91. The molecule has 0 atom stereocenters. The van der Waals surface area contributed by atoms with E-state index in [1.54, 1.807) is 12.1 Å². The molecule has 4 nitrogen and oxygen atoms in total. The minimum absolute atomic E-state index is 0.0806. The maximum Gasteiger partial charge on any atom is 0.239 e. The minimum atomic E-state index is -3.78. The van der Waals surface area contributed by atoms with Gasteiger partial charge in [0, 0.05) is 5.69 Å². The summed E-state index contributed by atoms with van der Waals surface area (Å²) in [5.74, 6) is -1.85. The van der Waals surface area contributed by atoms with Gasteiger partial charge in [-0.15, -0.1) is 0 Å². The molecular formula is C15H14FNO3S. The van der Waals surface area contributed by atoms with E-state index in [1.807, 2.05) is 19.1 Å². The molecule has 0 saturated heterocycles. The summed E-state index contributed by atoms with van der Waals surface area (Å²) in [7, 11) is -3.78.